The molecule has 0 spiro atoms. The van der Waals surface area contributed by atoms with Crippen LogP contribution in [-0.4, -0.2) is 29.3 Å². The molecule has 0 aromatic heterocycles. The van der Waals surface area contributed by atoms with E-state index in [2.05, 4.69) is 0 Å². The molecule has 1 aliphatic rings. The van der Waals surface area contributed by atoms with Crippen LogP contribution in [0.1, 0.15) is 18.4 Å². The monoisotopic (exact) mass is 298 g/mol. The van der Waals surface area contributed by atoms with Gasteiger partial charge in [-0.1, -0.05) is 30.3 Å². The number of nitrogens with zero attached hydrogens (tertiary/aromatic N) is 2. The highest BCUT2D eigenvalue weighted by molar-refractivity contribution is 5.70. The molecule has 1 aromatic rings. The molecule has 21 heavy (non-hydrogen) atoms. The van der Waals surface area contributed by atoms with Crippen LogP contribution in [0.5, 0.6) is 0 Å². The van der Waals surface area contributed by atoms with Gasteiger partial charge < -0.3 is 4.74 Å². The third kappa shape index (κ3) is 2.79. The summed E-state index contributed by atoms with van der Waals surface area (Å²) in [4.78, 5) is 12.4. The molecule has 1 saturated heterocycles. The van der Waals surface area contributed by atoms with Crippen molar-refractivity contribution in [1.82, 2.24) is 4.90 Å². The molecule has 4 nitrogen and oxygen atoms in total. The average Bonchev–Trinajstić information content (AvgIpc) is 2.91. The summed E-state index contributed by atoms with van der Waals surface area (Å²) in [6.07, 6.45) is -6.22. The van der Waals surface area contributed by atoms with Crippen molar-refractivity contribution in [2.45, 2.75) is 31.2 Å². The van der Waals surface area contributed by atoms with E-state index >= 15 is 0 Å². The van der Waals surface area contributed by atoms with Crippen molar-refractivity contribution in [2.75, 3.05) is 6.54 Å². The second-order valence-electron chi connectivity index (χ2n) is 4.77. The fourth-order valence-corrected chi connectivity index (χ4v) is 2.34. The molecule has 1 aromatic carbocycles. The van der Waals surface area contributed by atoms with Gasteiger partial charge in [0, 0.05) is 6.54 Å². The van der Waals surface area contributed by atoms with Crippen LogP contribution in [-0.2, 0) is 11.3 Å². The Morgan fingerprint density at radius 3 is 2.62 bits per heavy atom. The van der Waals surface area contributed by atoms with E-state index in [4.69, 9.17) is 10.00 Å². The van der Waals surface area contributed by atoms with Gasteiger partial charge in [-0.2, -0.15) is 18.4 Å². The number of nitriles is 1. The zero-order chi connectivity index (χ0) is 15.5. The molecular weight excluding hydrogens is 285 g/mol. The van der Waals surface area contributed by atoms with Crippen molar-refractivity contribution < 1.29 is 22.7 Å². The zero-order valence-corrected chi connectivity index (χ0v) is 11.1. The predicted octanol–water partition coefficient (Wildman–Crippen LogP) is 3.24. The quantitative estimate of drug-likeness (QED) is 0.842. The number of hydrogen-bond donors (Lipinski definition) is 0. The van der Waals surface area contributed by atoms with Crippen LogP contribution in [0.2, 0.25) is 0 Å². The maximum atomic E-state index is 13.1. The number of carbonyl (C=O) groups is 1. The Hall–Kier alpha value is -2.23. The van der Waals surface area contributed by atoms with E-state index in [0.717, 1.165) is 0 Å². The molecule has 1 aliphatic heterocycles. The lowest BCUT2D eigenvalue weighted by Crippen LogP contribution is -2.56. The first-order valence-corrected chi connectivity index (χ1v) is 6.37. The van der Waals surface area contributed by atoms with E-state index in [1.165, 1.54) is 6.07 Å². The van der Waals surface area contributed by atoms with Gasteiger partial charge in [0.05, 0.1) is 0 Å². The summed E-state index contributed by atoms with van der Waals surface area (Å²) in [5.41, 5.74) is -2.11. The van der Waals surface area contributed by atoms with E-state index in [-0.39, 0.29) is 19.6 Å². The Morgan fingerprint density at radius 1 is 1.38 bits per heavy atom. The maximum Gasteiger partial charge on any atom is 0.425 e. The summed E-state index contributed by atoms with van der Waals surface area (Å²) >= 11 is 0. The SMILES string of the molecule is N#CC1(C(F)(F)F)CCCN1C(=O)OCc1ccccc1. The third-order valence-corrected chi connectivity index (χ3v) is 3.46. The lowest BCUT2D eigenvalue weighted by Gasteiger charge is -2.33. The number of hydrogen-bond acceptors (Lipinski definition) is 3. The molecule has 1 heterocycles. The van der Waals surface area contributed by atoms with Gasteiger partial charge in [-0.15, -0.1) is 0 Å². The Labute approximate surface area is 119 Å². The van der Waals surface area contributed by atoms with Gasteiger partial charge in [-0.25, -0.2) is 4.79 Å². The molecule has 7 heteroatoms. The van der Waals surface area contributed by atoms with Crippen LogP contribution in [0.3, 0.4) is 0 Å². The van der Waals surface area contributed by atoms with Crippen molar-refractivity contribution in [3.8, 4) is 6.07 Å². The minimum atomic E-state index is -4.80. The first-order chi connectivity index (χ1) is 9.90. The van der Waals surface area contributed by atoms with Crippen LogP contribution >= 0.6 is 0 Å². The number of halogens is 3. The van der Waals surface area contributed by atoms with E-state index in [1.807, 2.05) is 0 Å². The van der Waals surface area contributed by atoms with Crippen molar-refractivity contribution >= 4 is 6.09 Å². The maximum absolute atomic E-state index is 13.1. The highest BCUT2D eigenvalue weighted by Gasteiger charge is 2.63. The van der Waals surface area contributed by atoms with Crippen molar-refractivity contribution in [1.29, 1.82) is 5.26 Å². The third-order valence-electron chi connectivity index (χ3n) is 3.46. The van der Waals surface area contributed by atoms with Crippen LogP contribution in [0.25, 0.3) is 0 Å². The molecule has 0 radical (unpaired) electrons. The van der Waals surface area contributed by atoms with Gasteiger partial charge >= 0.3 is 12.3 Å². The molecule has 2 rings (SSSR count). The molecule has 0 aliphatic carbocycles. The summed E-state index contributed by atoms with van der Waals surface area (Å²) in [5.74, 6) is 0. The van der Waals surface area contributed by atoms with Gasteiger partial charge in [0.15, 0.2) is 0 Å². The largest absolute Gasteiger partial charge is 0.445 e. The molecule has 1 fully saturated rings. The highest BCUT2D eigenvalue weighted by atomic mass is 19.4. The summed E-state index contributed by atoms with van der Waals surface area (Å²) in [5, 5.41) is 8.94. The normalized spacial score (nSPS) is 21.9. The van der Waals surface area contributed by atoms with Gasteiger partial charge in [0.25, 0.3) is 0 Å². The standard InChI is InChI=1S/C14H13F3N2O2/c15-14(16,17)13(10-18)7-4-8-19(13)12(20)21-9-11-5-2-1-3-6-11/h1-3,5-6H,4,7-9H2. The molecule has 1 unspecified atom stereocenters. The Balaban J connectivity index is 2.10. The molecule has 0 bridgehead atoms. The molecular formula is C14H13F3N2O2. The van der Waals surface area contributed by atoms with Crippen molar-refractivity contribution in [3.63, 3.8) is 0 Å². The first-order valence-electron chi connectivity index (χ1n) is 6.37. The summed E-state index contributed by atoms with van der Waals surface area (Å²) < 4.78 is 44.3. The highest BCUT2D eigenvalue weighted by Crippen LogP contribution is 2.43. The van der Waals surface area contributed by atoms with E-state index in [1.54, 1.807) is 30.3 Å². The summed E-state index contributed by atoms with van der Waals surface area (Å²) in [6.45, 7) is -0.268. The number of alkyl halides is 3. The summed E-state index contributed by atoms with van der Waals surface area (Å²) in [7, 11) is 0. The van der Waals surface area contributed by atoms with Crippen LogP contribution in [0, 0.1) is 11.3 Å². The fraction of sp³-hybridized carbons (Fsp3) is 0.429. The van der Waals surface area contributed by atoms with Crippen LogP contribution in [0.4, 0.5) is 18.0 Å². The second kappa shape index (κ2) is 5.64. The number of ether oxygens (including phenoxy) is 1. The smallest absolute Gasteiger partial charge is 0.425 e. The van der Waals surface area contributed by atoms with Crippen LogP contribution in [0.15, 0.2) is 30.3 Å². The van der Waals surface area contributed by atoms with E-state index in [0.29, 0.717) is 10.5 Å². The lowest BCUT2D eigenvalue weighted by atomic mass is 9.98. The average molecular weight is 298 g/mol. The van der Waals surface area contributed by atoms with E-state index < -0.39 is 24.2 Å². The molecule has 112 valence electrons. The number of benzene rings is 1. The number of amides is 1. The molecule has 1 atom stereocenters. The Morgan fingerprint density at radius 2 is 2.05 bits per heavy atom. The number of carbonyl (C=O) groups excluding carboxylic acids is 1. The lowest BCUT2D eigenvalue weighted by molar-refractivity contribution is -0.198. The van der Waals surface area contributed by atoms with Crippen molar-refractivity contribution in [2.24, 2.45) is 0 Å². The topological polar surface area (TPSA) is 53.3 Å². The van der Waals surface area contributed by atoms with E-state index in [9.17, 15) is 18.0 Å². The van der Waals surface area contributed by atoms with Gasteiger partial charge in [0.2, 0.25) is 5.54 Å². The van der Waals surface area contributed by atoms with Crippen molar-refractivity contribution in [3.05, 3.63) is 35.9 Å². The second-order valence-corrected chi connectivity index (χ2v) is 4.77. The fourth-order valence-electron chi connectivity index (χ4n) is 2.34. The van der Waals surface area contributed by atoms with Crippen LogP contribution < -0.4 is 0 Å². The Kier molecular flexibility index (Phi) is 4.07. The number of likely N-dealkylation sites (tertiary alicyclic amines) is 1. The molecule has 0 N–H and O–H groups in total. The van der Waals surface area contributed by atoms with Gasteiger partial charge in [-0.05, 0) is 18.4 Å². The zero-order valence-electron chi connectivity index (χ0n) is 11.1. The molecule has 0 saturated carbocycles. The van der Waals surface area contributed by atoms with Gasteiger partial charge in [-0.3, -0.25) is 4.90 Å². The Bertz CT molecular complexity index is 554. The predicted molar refractivity (Wildman–Crippen MR) is 67.0 cm³/mol. The minimum absolute atomic E-state index is 0.119. The van der Waals surface area contributed by atoms with Gasteiger partial charge in [0.1, 0.15) is 12.7 Å². The minimum Gasteiger partial charge on any atom is -0.445 e. The number of rotatable bonds is 2. The summed E-state index contributed by atoms with van der Waals surface area (Å²) in [6, 6.07) is 9.87. The molecule has 1 amide bonds. The first kappa shape index (κ1) is 15.2.